The molecular weight excluding hydrogens is 674 g/mol. The number of carbonyl (C=O) groups excluding carboxylic acids is 5. The van der Waals surface area contributed by atoms with Gasteiger partial charge in [-0.25, -0.2) is 13.6 Å². The number of benzene rings is 2. The Kier molecular flexibility index (Phi) is 11.0. The molecule has 14 heteroatoms. The van der Waals surface area contributed by atoms with E-state index < -0.39 is 46.5 Å². The molecule has 280 valence electrons. The van der Waals surface area contributed by atoms with Crippen LogP contribution in [-0.2, 0) is 28.8 Å². The van der Waals surface area contributed by atoms with E-state index in [4.69, 9.17) is 4.84 Å². The minimum Gasteiger partial charge on any atom is -0.374 e. The van der Waals surface area contributed by atoms with Gasteiger partial charge in [0, 0.05) is 24.2 Å². The van der Waals surface area contributed by atoms with Gasteiger partial charge in [0.2, 0.25) is 11.8 Å². The van der Waals surface area contributed by atoms with E-state index in [1.165, 1.54) is 12.1 Å². The predicted molar refractivity (Wildman–Crippen MR) is 189 cm³/mol. The Bertz CT molecular complexity index is 1720. The van der Waals surface area contributed by atoms with Crippen molar-refractivity contribution in [1.29, 1.82) is 0 Å². The molecule has 4 aliphatic heterocycles. The molecule has 4 aliphatic rings. The maximum absolute atomic E-state index is 15.4. The molecule has 0 saturated carbocycles. The summed E-state index contributed by atoms with van der Waals surface area (Å²) in [6.45, 7) is 7.97. The number of likely N-dealkylation sites (tertiary alicyclic amines) is 1. The fourth-order valence-electron chi connectivity index (χ4n) is 7.89. The van der Waals surface area contributed by atoms with Gasteiger partial charge in [-0.1, -0.05) is 32.9 Å². The average Bonchev–Trinajstić information content (AvgIpc) is 3.10. The van der Waals surface area contributed by atoms with Crippen LogP contribution in [0.2, 0.25) is 0 Å². The smallest absolute Gasteiger partial charge is 0.347 e. The summed E-state index contributed by atoms with van der Waals surface area (Å²) in [5.41, 5.74) is -0.0917. The van der Waals surface area contributed by atoms with Gasteiger partial charge in [0.15, 0.2) is 0 Å². The van der Waals surface area contributed by atoms with Crippen LogP contribution in [0.25, 0.3) is 0 Å². The number of hydroxylamine groups is 2. The number of nitrogens with zero attached hydrogens (tertiary/aromatic N) is 2. The molecule has 4 heterocycles. The molecule has 52 heavy (non-hydrogen) atoms. The lowest BCUT2D eigenvalue weighted by atomic mass is 9.68. The Morgan fingerprint density at radius 3 is 2.12 bits per heavy atom. The lowest BCUT2D eigenvalue weighted by Crippen LogP contribution is -2.65. The van der Waals surface area contributed by atoms with E-state index in [1.807, 2.05) is 25.7 Å². The SMILES string of the molecule is CC(C)(C)C1(Nc2ccc(C3CCNCC3)c(F)c2)CCC(=O)N(OC(=O)CN2CCC(c3ccc(NC4CCC(=O)NC4=O)cc3F)CC2)C1=O. The van der Waals surface area contributed by atoms with E-state index in [0.29, 0.717) is 59.9 Å². The van der Waals surface area contributed by atoms with Gasteiger partial charge in [0.05, 0.1) is 6.54 Å². The van der Waals surface area contributed by atoms with E-state index >= 15 is 8.78 Å². The van der Waals surface area contributed by atoms with Gasteiger partial charge in [0.1, 0.15) is 23.2 Å². The van der Waals surface area contributed by atoms with E-state index in [2.05, 4.69) is 21.3 Å². The Labute approximate surface area is 302 Å². The third-order valence-electron chi connectivity index (χ3n) is 11.1. The molecule has 2 atom stereocenters. The molecule has 0 spiro atoms. The Hall–Kier alpha value is -4.43. The minimum absolute atomic E-state index is 0.0578. The van der Waals surface area contributed by atoms with Crippen molar-refractivity contribution in [3.05, 3.63) is 59.2 Å². The highest BCUT2D eigenvalue weighted by Crippen LogP contribution is 2.42. The third-order valence-corrected chi connectivity index (χ3v) is 11.1. The van der Waals surface area contributed by atoms with Gasteiger partial charge in [0.25, 0.3) is 11.8 Å². The molecule has 4 amide bonds. The first-order valence-electron chi connectivity index (χ1n) is 18.2. The van der Waals surface area contributed by atoms with Gasteiger partial charge < -0.3 is 20.8 Å². The number of amides is 4. The monoisotopic (exact) mass is 722 g/mol. The summed E-state index contributed by atoms with van der Waals surface area (Å²) in [7, 11) is 0. The molecule has 2 aromatic rings. The number of nitrogens with one attached hydrogen (secondary N) is 4. The van der Waals surface area contributed by atoms with E-state index in [0.717, 1.165) is 25.9 Å². The predicted octanol–water partition coefficient (Wildman–Crippen LogP) is 4.33. The largest absolute Gasteiger partial charge is 0.374 e. The van der Waals surface area contributed by atoms with Crippen LogP contribution in [0.1, 0.15) is 95.1 Å². The van der Waals surface area contributed by atoms with Crippen LogP contribution < -0.4 is 21.3 Å². The third kappa shape index (κ3) is 7.97. The van der Waals surface area contributed by atoms with Crippen molar-refractivity contribution in [3.8, 4) is 0 Å². The summed E-state index contributed by atoms with van der Waals surface area (Å²) in [5, 5.41) is 12.4. The van der Waals surface area contributed by atoms with Crippen molar-refractivity contribution in [1.82, 2.24) is 20.6 Å². The summed E-state index contributed by atoms with van der Waals surface area (Å²) in [4.78, 5) is 71.1. The molecular formula is C38H48F2N6O6. The average molecular weight is 723 g/mol. The lowest BCUT2D eigenvalue weighted by molar-refractivity contribution is -0.211. The number of piperidine rings is 4. The number of hydrogen-bond acceptors (Lipinski definition) is 10. The van der Waals surface area contributed by atoms with Crippen LogP contribution in [0.3, 0.4) is 0 Å². The normalized spacial score (nSPS) is 24.1. The van der Waals surface area contributed by atoms with E-state index in [1.54, 1.807) is 24.3 Å². The molecule has 12 nitrogen and oxygen atoms in total. The number of carbonyl (C=O) groups is 5. The Morgan fingerprint density at radius 2 is 1.50 bits per heavy atom. The molecule has 0 aromatic heterocycles. The van der Waals surface area contributed by atoms with Crippen LogP contribution in [0.4, 0.5) is 20.2 Å². The number of halogens is 2. The molecule has 2 aromatic carbocycles. The summed E-state index contributed by atoms with van der Waals surface area (Å²) in [5.74, 6) is -3.61. The summed E-state index contributed by atoms with van der Waals surface area (Å²) in [6.07, 6.45) is 3.44. The zero-order chi connectivity index (χ0) is 37.2. The van der Waals surface area contributed by atoms with Crippen LogP contribution in [-0.4, -0.2) is 83.9 Å². The van der Waals surface area contributed by atoms with Crippen molar-refractivity contribution in [2.24, 2.45) is 5.41 Å². The molecule has 4 N–H and O–H groups in total. The van der Waals surface area contributed by atoms with Crippen molar-refractivity contribution < 1.29 is 37.6 Å². The molecule has 0 radical (unpaired) electrons. The number of imide groups is 2. The lowest BCUT2D eigenvalue weighted by Gasteiger charge is -2.48. The number of rotatable bonds is 9. The minimum atomic E-state index is -1.36. The van der Waals surface area contributed by atoms with Crippen molar-refractivity contribution in [3.63, 3.8) is 0 Å². The quantitative estimate of drug-likeness (QED) is 0.276. The zero-order valence-electron chi connectivity index (χ0n) is 30.0. The van der Waals surface area contributed by atoms with Gasteiger partial charge in [-0.2, -0.15) is 0 Å². The maximum atomic E-state index is 15.4. The van der Waals surface area contributed by atoms with Crippen molar-refractivity contribution in [2.75, 3.05) is 43.4 Å². The van der Waals surface area contributed by atoms with Crippen LogP contribution in [0.5, 0.6) is 0 Å². The molecule has 4 fully saturated rings. The molecule has 2 unspecified atom stereocenters. The second kappa shape index (κ2) is 15.3. The van der Waals surface area contributed by atoms with Gasteiger partial charge in [-0.05, 0) is 117 Å². The molecule has 6 rings (SSSR count). The number of hydrogen-bond donors (Lipinski definition) is 4. The Morgan fingerprint density at radius 1 is 0.885 bits per heavy atom. The highest BCUT2D eigenvalue weighted by molar-refractivity contribution is 6.04. The van der Waals surface area contributed by atoms with Crippen molar-refractivity contribution in [2.45, 2.75) is 95.6 Å². The Balaban J connectivity index is 1.05. The fourth-order valence-corrected chi connectivity index (χ4v) is 7.89. The fraction of sp³-hybridized carbons (Fsp3) is 0.553. The highest BCUT2D eigenvalue weighted by Gasteiger charge is 2.56. The number of anilines is 2. The standard InChI is InChI=1S/C38H48F2N6O6/c1-37(2,3)38(44-26-5-7-27(30(40)21-26)23-11-16-41-17-12-23)15-10-33(48)46(36(38)51)52-34(49)22-45-18-13-24(14-19-45)28-6-4-25(20-29(28)39)42-31-8-9-32(47)43-35(31)50/h4-7,20-21,23-24,31,41-42,44H,8-19,22H2,1-3H3,(H,43,47,50). The van der Waals surface area contributed by atoms with E-state index in [-0.39, 0.29) is 49.4 Å². The molecule has 0 bridgehead atoms. The second-order valence-corrected chi connectivity index (χ2v) is 15.4. The first-order valence-corrected chi connectivity index (χ1v) is 18.2. The van der Waals surface area contributed by atoms with Crippen LogP contribution in [0, 0.1) is 17.0 Å². The zero-order valence-corrected chi connectivity index (χ0v) is 30.0. The van der Waals surface area contributed by atoms with Crippen molar-refractivity contribution >= 4 is 41.0 Å². The summed E-state index contributed by atoms with van der Waals surface area (Å²) >= 11 is 0. The topological polar surface area (TPSA) is 149 Å². The van der Waals surface area contributed by atoms with Gasteiger partial charge >= 0.3 is 5.97 Å². The first kappa shape index (κ1) is 37.3. The van der Waals surface area contributed by atoms with Gasteiger partial charge in [-0.3, -0.25) is 29.4 Å². The molecule has 0 aliphatic carbocycles. The van der Waals surface area contributed by atoms with Gasteiger partial charge in [-0.15, -0.1) is 5.06 Å². The summed E-state index contributed by atoms with van der Waals surface area (Å²) in [6, 6.07) is 9.05. The molecule has 4 saturated heterocycles. The summed E-state index contributed by atoms with van der Waals surface area (Å²) < 4.78 is 30.6. The van der Waals surface area contributed by atoms with Crippen LogP contribution >= 0.6 is 0 Å². The van der Waals surface area contributed by atoms with E-state index in [9.17, 15) is 24.0 Å². The van der Waals surface area contributed by atoms with Crippen LogP contribution in [0.15, 0.2) is 36.4 Å². The first-order chi connectivity index (χ1) is 24.7. The highest BCUT2D eigenvalue weighted by atomic mass is 19.1. The maximum Gasteiger partial charge on any atom is 0.347 e. The second-order valence-electron chi connectivity index (χ2n) is 15.4.